The van der Waals surface area contributed by atoms with Crippen LogP contribution in [-0.2, 0) is 4.79 Å². The molecule has 158 valence electrons. The number of carbonyl (C=O) groups is 2. The summed E-state index contributed by atoms with van der Waals surface area (Å²) in [4.78, 5) is 29.4. The Bertz CT molecular complexity index is 661. The lowest BCUT2D eigenvalue weighted by atomic mass is 9.97. The highest BCUT2D eigenvalue weighted by atomic mass is 35.5. The van der Waals surface area contributed by atoms with Crippen LogP contribution in [0, 0.1) is 5.92 Å². The molecule has 7 nitrogen and oxygen atoms in total. The van der Waals surface area contributed by atoms with Crippen molar-refractivity contribution >= 4 is 42.3 Å². The van der Waals surface area contributed by atoms with E-state index in [9.17, 15) is 9.59 Å². The number of likely N-dealkylation sites (N-methyl/N-ethyl adjacent to an activating group) is 1. The third-order valence-corrected chi connectivity index (χ3v) is 5.20. The monoisotopic (exact) mass is 432 g/mol. The second-order valence-electron chi connectivity index (χ2n) is 7.02. The van der Waals surface area contributed by atoms with Gasteiger partial charge in [-0.1, -0.05) is 0 Å². The van der Waals surface area contributed by atoms with Crippen LogP contribution < -0.4 is 15.4 Å². The molecule has 0 spiro atoms. The molecule has 2 N–H and O–H groups in total. The summed E-state index contributed by atoms with van der Waals surface area (Å²) in [5.41, 5.74) is 1.15. The molecule has 0 aromatic heterocycles. The number of anilines is 1. The van der Waals surface area contributed by atoms with Crippen molar-refractivity contribution in [3.05, 3.63) is 23.8 Å². The molecule has 2 amide bonds. The van der Waals surface area contributed by atoms with Gasteiger partial charge in [0, 0.05) is 37.7 Å². The molecule has 0 saturated carbocycles. The van der Waals surface area contributed by atoms with E-state index < -0.39 is 0 Å². The van der Waals surface area contributed by atoms with Gasteiger partial charge in [-0.25, -0.2) is 0 Å². The SMILES string of the molecule is COc1ccc(C(=O)N2CCN(C)CC2)cc1NC(=O)C1CCNCC1.Cl.Cl. The summed E-state index contributed by atoms with van der Waals surface area (Å²) < 4.78 is 5.37. The van der Waals surface area contributed by atoms with Crippen LogP contribution in [0.25, 0.3) is 0 Å². The Labute approximate surface area is 179 Å². The van der Waals surface area contributed by atoms with Gasteiger partial charge in [0.05, 0.1) is 12.8 Å². The van der Waals surface area contributed by atoms with Gasteiger partial charge in [-0.3, -0.25) is 9.59 Å². The second-order valence-corrected chi connectivity index (χ2v) is 7.02. The van der Waals surface area contributed by atoms with Crippen LogP contribution in [0.5, 0.6) is 5.75 Å². The molecule has 2 aliphatic rings. The first kappa shape index (κ1) is 24.5. The van der Waals surface area contributed by atoms with Crippen LogP contribution in [0.2, 0.25) is 0 Å². The largest absolute Gasteiger partial charge is 0.495 e. The number of ether oxygens (including phenoxy) is 1. The van der Waals surface area contributed by atoms with Gasteiger partial charge in [-0.2, -0.15) is 0 Å². The van der Waals surface area contributed by atoms with Crippen LogP contribution in [0.3, 0.4) is 0 Å². The number of rotatable bonds is 4. The Morgan fingerprint density at radius 2 is 1.75 bits per heavy atom. The Morgan fingerprint density at radius 1 is 1.11 bits per heavy atom. The number of benzene rings is 1. The van der Waals surface area contributed by atoms with E-state index in [1.54, 1.807) is 25.3 Å². The van der Waals surface area contributed by atoms with E-state index in [-0.39, 0.29) is 42.5 Å². The second kappa shape index (κ2) is 11.5. The standard InChI is InChI=1S/C19H28N4O3.2ClH/c1-22-9-11-23(12-10-22)19(25)15-3-4-17(26-2)16(13-15)21-18(24)14-5-7-20-8-6-14;;/h3-4,13-14,20H,5-12H2,1-2H3,(H,21,24);2*1H. The molecule has 28 heavy (non-hydrogen) atoms. The highest BCUT2D eigenvalue weighted by Gasteiger charge is 2.24. The van der Waals surface area contributed by atoms with Crippen molar-refractivity contribution in [2.24, 2.45) is 5.92 Å². The molecule has 0 unspecified atom stereocenters. The minimum atomic E-state index is -0.00556. The number of carbonyl (C=O) groups excluding carboxylic acids is 2. The minimum absolute atomic E-state index is 0. The van der Waals surface area contributed by atoms with Gasteiger partial charge in [0.25, 0.3) is 5.91 Å². The molecule has 0 aliphatic carbocycles. The third kappa shape index (κ3) is 5.98. The van der Waals surface area contributed by atoms with Gasteiger partial charge in [-0.05, 0) is 51.2 Å². The molecule has 2 saturated heterocycles. The molecule has 3 rings (SSSR count). The molecule has 1 aromatic carbocycles. The Balaban J connectivity index is 0.00000196. The van der Waals surface area contributed by atoms with Gasteiger partial charge in [0.15, 0.2) is 0 Å². The normalized spacial score (nSPS) is 17.9. The number of methoxy groups -OCH3 is 1. The van der Waals surface area contributed by atoms with Crippen LogP contribution in [0.15, 0.2) is 18.2 Å². The van der Waals surface area contributed by atoms with Crippen molar-refractivity contribution < 1.29 is 14.3 Å². The lowest BCUT2D eigenvalue weighted by molar-refractivity contribution is -0.120. The molecule has 0 radical (unpaired) electrons. The van der Waals surface area contributed by atoms with Crippen molar-refractivity contribution in [1.82, 2.24) is 15.1 Å². The van der Waals surface area contributed by atoms with Crippen LogP contribution in [0.1, 0.15) is 23.2 Å². The van der Waals surface area contributed by atoms with Crippen molar-refractivity contribution in [2.45, 2.75) is 12.8 Å². The lowest BCUT2D eigenvalue weighted by Crippen LogP contribution is -2.47. The fourth-order valence-corrected chi connectivity index (χ4v) is 3.45. The number of nitrogens with one attached hydrogen (secondary N) is 2. The number of amides is 2. The summed E-state index contributed by atoms with van der Waals surface area (Å²) >= 11 is 0. The molecule has 0 atom stereocenters. The Morgan fingerprint density at radius 3 is 2.36 bits per heavy atom. The summed E-state index contributed by atoms with van der Waals surface area (Å²) in [5.74, 6) is 0.562. The zero-order valence-corrected chi connectivity index (χ0v) is 18.0. The first-order valence-corrected chi connectivity index (χ1v) is 9.26. The van der Waals surface area contributed by atoms with Gasteiger partial charge in [0.1, 0.15) is 5.75 Å². The van der Waals surface area contributed by atoms with E-state index in [1.165, 1.54) is 0 Å². The highest BCUT2D eigenvalue weighted by Crippen LogP contribution is 2.27. The van der Waals surface area contributed by atoms with Gasteiger partial charge < -0.3 is 25.2 Å². The predicted molar refractivity (Wildman–Crippen MR) is 115 cm³/mol. The zero-order valence-electron chi connectivity index (χ0n) is 16.4. The number of piperidine rings is 1. The van der Waals surface area contributed by atoms with E-state index >= 15 is 0 Å². The van der Waals surface area contributed by atoms with Gasteiger partial charge >= 0.3 is 0 Å². The summed E-state index contributed by atoms with van der Waals surface area (Å²) in [6.07, 6.45) is 1.65. The van der Waals surface area contributed by atoms with E-state index in [0.29, 0.717) is 17.0 Å². The summed E-state index contributed by atoms with van der Waals surface area (Å²) in [6.45, 7) is 4.91. The molecule has 2 fully saturated rings. The fraction of sp³-hybridized carbons (Fsp3) is 0.579. The predicted octanol–water partition coefficient (Wildman–Crippen LogP) is 1.86. The van der Waals surface area contributed by atoms with Crippen LogP contribution in [-0.4, -0.2) is 75.0 Å². The maximum Gasteiger partial charge on any atom is 0.254 e. The molecular formula is C19H30Cl2N4O3. The molecule has 0 bridgehead atoms. The average Bonchev–Trinajstić information content (AvgIpc) is 2.68. The quantitative estimate of drug-likeness (QED) is 0.759. The number of hydrogen-bond acceptors (Lipinski definition) is 5. The Kier molecular flexibility index (Phi) is 10.0. The first-order valence-electron chi connectivity index (χ1n) is 9.26. The average molecular weight is 433 g/mol. The summed E-state index contributed by atoms with van der Waals surface area (Å²) in [6, 6.07) is 5.25. The number of hydrogen-bond donors (Lipinski definition) is 2. The van der Waals surface area contributed by atoms with Crippen LogP contribution >= 0.6 is 24.8 Å². The zero-order chi connectivity index (χ0) is 18.5. The van der Waals surface area contributed by atoms with Crippen molar-refractivity contribution in [1.29, 1.82) is 0 Å². The highest BCUT2D eigenvalue weighted by molar-refractivity contribution is 5.99. The number of nitrogens with zero attached hydrogens (tertiary/aromatic N) is 2. The minimum Gasteiger partial charge on any atom is -0.495 e. The molecule has 2 heterocycles. The summed E-state index contributed by atoms with van der Waals surface area (Å²) in [5, 5.41) is 6.23. The van der Waals surface area contributed by atoms with Crippen LogP contribution in [0.4, 0.5) is 5.69 Å². The van der Waals surface area contributed by atoms with Crippen molar-refractivity contribution in [3.8, 4) is 5.75 Å². The van der Waals surface area contributed by atoms with E-state index in [4.69, 9.17) is 4.74 Å². The molecular weight excluding hydrogens is 403 g/mol. The number of halogens is 2. The third-order valence-electron chi connectivity index (χ3n) is 5.20. The summed E-state index contributed by atoms with van der Waals surface area (Å²) in [7, 11) is 3.63. The fourth-order valence-electron chi connectivity index (χ4n) is 3.45. The maximum atomic E-state index is 12.8. The smallest absolute Gasteiger partial charge is 0.254 e. The van der Waals surface area contributed by atoms with Crippen molar-refractivity contribution in [3.63, 3.8) is 0 Å². The topological polar surface area (TPSA) is 73.9 Å². The molecule has 2 aliphatic heterocycles. The van der Waals surface area contributed by atoms with E-state index in [2.05, 4.69) is 22.6 Å². The van der Waals surface area contributed by atoms with E-state index in [1.807, 2.05) is 4.90 Å². The van der Waals surface area contributed by atoms with Gasteiger partial charge in [-0.15, -0.1) is 24.8 Å². The van der Waals surface area contributed by atoms with E-state index in [0.717, 1.165) is 52.1 Å². The van der Waals surface area contributed by atoms with Gasteiger partial charge in [0.2, 0.25) is 5.91 Å². The van der Waals surface area contributed by atoms with Crippen molar-refractivity contribution in [2.75, 3.05) is 58.7 Å². The maximum absolute atomic E-state index is 12.8. The first-order chi connectivity index (χ1) is 12.6. The number of piperazine rings is 1. The molecule has 9 heteroatoms. The Hall–Kier alpha value is -1.54. The molecule has 1 aromatic rings. The lowest BCUT2D eigenvalue weighted by Gasteiger charge is -2.32.